The highest BCUT2D eigenvalue weighted by molar-refractivity contribution is 9.10. The standard InChI is InChI=1S/C21H18BrN5O2/c1-23-20(28)18-11-16(9-10-24-18)29-15-7-8-17-19(12-15)27(2)21(26-17)25-14-5-3-13(22)4-6-14/h3-12H,1-2H3,(H2,23,25,26,28)/p+1. The molecule has 4 aromatic rings. The first kappa shape index (κ1) is 18.9. The van der Waals surface area contributed by atoms with Crippen molar-refractivity contribution in [1.82, 2.24) is 15.3 Å². The number of halogens is 1. The van der Waals surface area contributed by atoms with Crippen LogP contribution in [-0.2, 0) is 7.05 Å². The first-order valence-electron chi connectivity index (χ1n) is 8.94. The molecule has 0 fully saturated rings. The summed E-state index contributed by atoms with van der Waals surface area (Å²) in [6.45, 7) is 0. The van der Waals surface area contributed by atoms with Crippen LogP contribution in [0.2, 0.25) is 0 Å². The molecule has 0 spiro atoms. The number of hydrogen-bond acceptors (Lipinski definition) is 4. The maximum Gasteiger partial charge on any atom is 0.360 e. The minimum absolute atomic E-state index is 0.258. The quantitative estimate of drug-likeness (QED) is 0.399. The Labute approximate surface area is 175 Å². The molecule has 0 aliphatic carbocycles. The SMILES string of the molecule is CNC(=O)c1cc(Oc2ccc3[nH]c(Nc4ccc(Br)cc4)[n+](C)c3c2)ccn1. The molecule has 4 rings (SSSR count). The van der Waals surface area contributed by atoms with Gasteiger partial charge in [0.1, 0.15) is 28.2 Å². The van der Waals surface area contributed by atoms with Crippen molar-refractivity contribution in [2.24, 2.45) is 7.05 Å². The van der Waals surface area contributed by atoms with E-state index in [1.165, 1.54) is 0 Å². The molecule has 0 saturated heterocycles. The topological polar surface area (TPSA) is 82.9 Å². The van der Waals surface area contributed by atoms with Gasteiger partial charge in [-0.2, -0.15) is 0 Å². The number of amides is 1. The van der Waals surface area contributed by atoms with Crippen LogP contribution in [0.1, 0.15) is 10.5 Å². The summed E-state index contributed by atoms with van der Waals surface area (Å²) in [6, 6.07) is 17.1. The van der Waals surface area contributed by atoms with Gasteiger partial charge < -0.3 is 10.1 Å². The average Bonchev–Trinajstić information content (AvgIpc) is 3.04. The third-order valence-corrected chi connectivity index (χ3v) is 4.98. The van der Waals surface area contributed by atoms with E-state index in [9.17, 15) is 4.79 Å². The van der Waals surface area contributed by atoms with Crippen molar-refractivity contribution in [3.8, 4) is 11.5 Å². The number of aryl methyl sites for hydroxylation is 1. The van der Waals surface area contributed by atoms with Gasteiger partial charge in [0.05, 0.1) is 12.7 Å². The summed E-state index contributed by atoms with van der Waals surface area (Å²) in [5, 5.41) is 5.93. The Kier molecular flexibility index (Phi) is 5.18. The molecule has 8 heteroatoms. The summed E-state index contributed by atoms with van der Waals surface area (Å²) in [7, 11) is 3.54. The highest BCUT2D eigenvalue weighted by Gasteiger charge is 2.16. The number of fused-ring (bicyclic) bond motifs is 1. The van der Waals surface area contributed by atoms with Crippen LogP contribution in [0.3, 0.4) is 0 Å². The van der Waals surface area contributed by atoms with Gasteiger partial charge in [0, 0.05) is 29.8 Å². The second-order valence-corrected chi connectivity index (χ2v) is 7.32. The highest BCUT2D eigenvalue weighted by atomic mass is 79.9. The molecule has 2 aromatic heterocycles. The number of benzene rings is 2. The molecule has 146 valence electrons. The lowest BCUT2D eigenvalue weighted by atomic mass is 10.3. The van der Waals surface area contributed by atoms with Gasteiger partial charge in [-0.3, -0.25) is 9.78 Å². The van der Waals surface area contributed by atoms with Gasteiger partial charge in [-0.1, -0.05) is 15.9 Å². The summed E-state index contributed by atoms with van der Waals surface area (Å²) >= 11 is 3.44. The Morgan fingerprint density at radius 3 is 2.62 bits per heavy atom. The molecule has 2 aromatic carbocycles. The summed E-state index contributed by atoms with van der Waals surface area (Å²) < 4.78 is 8.99. The van der Waals surface area contributed by atoms with Gasteiger partial charge in [0.15, 0.2) is 0 Å². The smallest absolute Gasteiger partial charge is 0.360 e. The van der Waals surface area contributed by atoms with Gasteiger partial charge in [-0.15, -0.1) is 0 Å². The molecular weight excluding hydrogens is 434 g/mol. The van der Waals surface area contributed by atoms with Crippen LogP contribution < -0.4 is 19.9 Å². The number of nitrogens with one attached hydrogen (secondary N) is 3. The van der Waals surface area contributed by atoms with Gasteiger partial charge in [0.2, 0.25) is 0 Å². The third-order valence-electron chi connectivity index (χ3n) is 4.45. The van der Waals surface area contributed by atoms with E-state index in [2.05, 4.69) is 36.5 Å². The first-order chi connectivity index (χ1) is 14.0. The van der Waals surface area contributed by atoms with E-state index in [1.807, 2.05) is 54.1 Å². The number of rotatable bonds is 5. The Morgan fingerprint density at radius 1 is 1.10 bits per heavy atom. The fourth-order valence-corrected chi connectivity index (χ4v) is 3.20. The van der Waals surface area contributed by atoms with Crippen molar-refractivity contribution in [3.63, 3.8) is 0 Å². The fraction of sp³-hybridized carbons (Fsp3) is 0.0952. The third kappa shape index (κ3) is 4.07. The Balaban J connectivity index is 1.60. The molecule has 0 aliphatic heterocycles. The molecule has 0 unspecified atom stereocenters. The summed E-state index contributed by atoms with van der Waals surface area (Å²) in [5.41, 5.74) is 3.23. The maximum atomic E-state index is 11.8. The number of imidazole rings is 1. The second-order valence-electron chi connectivity index (χ2n) is 6.40. The van der Waals surface area contributed by atoms with Gasteiger partial charge in [-0.05, 0) is 42.5 Å². The zero-order valence-electron chi connectivity index (χ0n) is 15.9. The molecule has 0 radical (unpaired) electrons. The number of ether oxygens (including phenoxy) is 1. The van der Waals surface area contributed by atoms with E-state index >= 15 is 0 Å². The van der Waals surface area contributed by atoms with E-state index < -0.39 is 0 Å². The van der Waals surface area contributed by atoms with Crippen LogP contribution in [-0.4, -0.2) is 22.9 Å². The van der Waals surface area contributed by atoms with Gasteiger partial charge in [-0.25, -0.2) is 14.9 Å². The van der Waals surface area contributed by atoms with E-state index in [1.54, 1.807) is 25.4 Å². The lowest BCUT2D eigenvalue weighted by molar-refractivity contribution is -0.629. The van der Waals surface area contributed by atoms with Crippen LogP contribution in [0.25, 0.3) is 11.0 Å². The van der Waals surface area contributed by atoms with Crippen molar-refractivity contribution in [3.05, 3.63) is 71.0 Å². The van der Waals surface area contributed by atoms with Crippen LogP contribution in [0.15, 0.2) is 65.3 Å². The Morgan fingerprint density at radius 2 is 1.86 bits per heavy atom. The van der Waals surface area contributed by atoms with Gasteiger partial charge >= 0.3 is 5.95 Å². The number of nitrogens with zero attached hydrogens (tertiary/aromatic N) is 2. The van der Waals surface area contributed by atoms with Gasteiger partial charge in [0.25, 0.3) is 5.91 Å². The predicted molar refractivity (Wildman–Crippen MR) is 115 cm³/mol. The molecule has 1 amide bonds. The van der Waals surface area contributed by atoms with Crippen LogP contribution in [0.5, 0.6) is 11.5 Å². The molecule has 0 saturated carbocycles. The van der Waals surface area contributed by atoms with Crippen LogP contribution in [0.4, 0.5) is 11.6 Å². The maximum absolute atomic E-state index is 11.8. The molecule has 0 bridgehead atoms. The number of anilines is 2. The molecule has 29 heavy (non-hydrogen) atoms. The summed E-state index contributed by atoms with van der Waals surface area (Å²) in [6.07, 6.45) is 1.55. The minimum atomic E-state index is -0.258. The van der Waals surface area contributed by atoms with Crippen molar-refractivity contribution in [2.75, 3.05) is 12.4 Å². The first-order valence-corrected chi connectivity index (χ1v) is 9.73. The van der Waals surface area contributed by atoms with E-state index in [0.29, 0.717) is 17.2 Å². The number of aromatic amines is 1. The normalized spacial score (nSPS) is 10.7. The van der Waals surface area contributed by atoms with Crippen molar-refractivity contribution >= 4 is 44.5 Å². The largest absolute Gasteiger partial charge is 0.457 e. The molecule has 0 aliphatic rings. The number of carbonyl (C=O) groups is 1. The molecule has 3 N–H and O–H groups in total. The Hall–Kier alpha value is -3.39. The lowest BCUT2D eigenvalue weighted by Crippen LogP contribution is -2.29. The molecule has 7 nitrogen and oxygen atoms in total. The van der Waals surface area contributed by atoms with Crippen LogP contribution >= 0.6 is 15.9 Å². The van der Waals surface area contributed by atoms with Crippen molar-refractivity contribution in [1.29, 1.82) is 0 Å². The van der Waals surface area contributed by atoms with Crippen LogP contribution in [0, 0.1) is 0 Å². The predicted octanol–water partition coefficient (Wildman–Crippen LogP) is 4.05. The summed E-state index contributed by atoms with van der Waals surface area (Å²) in [4.78, 5) is 19.2. The molecular formula is C21H19BrN5O2+. The Bertz CT molecular complexity index is 1190. The molecule has 2 heterocycles. The monoisotopic (exact) mass is 452 g/mol. The number of carbonyl (C=O) groups excluding carboxylic acids is 1. The van der Waals surface area contributed by atoms with E-state index in [0.717, 1.165) is 27.1 Å². The lowest BCUT2D eigenvalue weighted by Gasteiger charge is -2.06. The number of aromatic nitrogens is 3. The average molecular weight is 453 g/mol. The van der Waals surface area contributed by atoms with E-state index in [4.69, 9.17) is 4.74 Å². The van der Waals surface area contributed by atoms with E-state index in [-0.39, 0.29) is 5.91 Å². The second kappa shape index (κ2) is 7.92. The zero-order chi connectivity index (χ0) is 20.4. The highest BCUT2D eigenvalue weighted by Crippen LogP contribution is 2.26. The zero-order valence-corrected chi connectivity index (χ0v) is 17.4. The molecule has 0 atom stereocenters. The van der Waals surface area contributed by atoms with Crippen molar-refractivity contribution < 1.29 is 14.1 Å². The number of H-pyrrole nitrogens is 1. The summed E-state index contributed by atoms with van der Waals surface area (Å²) in [5.74, 6) is 1.80. The van der Waals surface area contributed by atoms with Crippen molar-refractivity contribution in [2.45, 2.75) is 0 Å². The number of hydrogen-bond donors (Lipinski definition) is 3. The number of pyridine rings is 1. The minimum Gasteiger partial charge on any atom is -0.457 e. The fourth-order valence-electron chi connectivity index (χ4n) is 2.94.